The van der Waals surface area contributed by atoms with Gasteiger partial charge in [0.15, 0.2) is 0 Å². The number of hydrogen-bond acceptors (Lipinski definition) is 1. The standard InChI is InChI=1S/C18H39N/c1-6-8-10-12-14-16(15-13-11-9-7-2)17(19)18(3,4)5/h16-17H,6-15,19H2,1-5H3. The van der Waals surface area contributed by atoms with Gasteiger partial charge in [-0.25, -0.2) is 0 Å². The maximum atomic E-state index is 6.52. The Morgan fingerprint density at radius 1 is 0.737 bits per heavy atom. The second kappa shape index (κ2) is 10.7. The Kier molecular flexibility index (Phi) is 10.7. The van der Waals surface area contributed by atoms with Crippen LogP contribution in [0.1, 0.15) is 98.8 Å². The molecule has 0 fully saturated rings. The van der Waals surface area contributed by atoms with Crippen LogP contribution in [0.3, 0.4) is 0 Å². The van der Waals surface area contributed by atoms with Gasteiger partial charge in [0.2, 0.25) is 0 Å². The van der Waals surface area contributed by atoms with Gasteiger partial charge in [-0.1, -0.05) is 86.0 Å². The Bertz CT molecular complexity index is 180. The molecule has 116 valence electrons. The summed E-state index contributed by atoms with van der Waals surface area (Å²) in [5, 5.41) is 0. The Morgan fingerprint density at radius 3 is 1.47 bits per heavy atom. The third-order valence-electron chi connectivity index (χ3n) is 4.36. The first-order chi connectivity index (χ1) is 8.93. The van der Waals surface area contributed by atoms with Crippen molar-refractivity contribution in [2.75, 3.05) is 0 Å². The fourth-order valence-electron chi connectivity index (χ4n) is 2.88. The molecule has 0 heterocycles. The molecular formula is C18H39N. The zero-order valence-electron chi connectivity index (χ0n) is 14.3. The predicted molar refractivity (Wildman–Crippen MR) is 88.4 cm³/mol. The summed E-state index contributed by atoms with van der Waals surface area (Å²) < 4.78 is 0. The quantitative estimate of drug-likeness (QED) is 0.463. The largest absolute Gasteiger partial charge is 0.327 e. The van der Waals surface area contributed by atoms with Crippen LogP contribution in [-0.2, 0) is 0 Å². The summed E-state index contributed by atoms with van der Waals surface area (Å²) in [6, 6.07) is 0.357. The lowest BCUT2D eigenvalue weighted by Gasteiger charge is -2.34. The third-order valence-corrected chi connectivity index (χ3v) is 4.36. The molecule has 1 nitrogen and oxygen atoms in total. The first-order valence-electron chi connectivity index (χ1n) is 8.69. The molecule has 1 heteroatoms. The zero-order valence-corrected chi connectivity index (χ0v) is 14.3. The molecule has 19 heavy (non-hydrogen) atoms. The van der Waals surface area contributed by atoms with Crippen molar-refractivity contribution in [1.82, 2.24) is 0 Å². The van der Waals surface area contributed by atoms with Crippen molar-refractivity contribution < 1.29 is 0 Å². The second-order valence-electron chi connectivity index (χ2n) is 7.35. The Morgan fingerprint density at radius 2 is 1.16 bits per heavy atom. The van der Waals surface area contributed by atoms with E-state index in [1.54, 1.807) is 0 Å². The summed E-state index contributed by atoms with van der Waals surface area (Å²) in [6.07, 6.45) is 13.6. The average molecular weight is 270 g/mol. The van der Waals surface area contributed by atoms with Gasteiger partial charge >= 0.3 is 0 Å². The average Bonchev–Trinajstić information content (AvgIpc) is 2.35. The Hall–Kier alpha value is -0.0400. The summed E-state index contributed by atoms with van der Waals surface area (Å²) in [7, 11) is 0. The van der Waals surface area contributed by atoms with E-state index in [4.69, 9.17) is 5.73 Å². The molecule has 1 unspecified atom stereocenters. The van der Waals surface area contributed by atoms with E-state index in [9.17, 15) is 0 Å². The minimum atomic E-state index is 0.250. The molecule has 0 amide bonds. The number of hydrogen-bond donors (Lipinski definition) is 1. The number of rotatable bonds is 11. The van der Waals surface area contributed by atoms with Crippen molar-refractivity contribution in [3.8, 4) is 0 Å². The summed E-state index contributed by atoms with van der Waals surface area (Å²) in [6.45, 7) is 11.4. The van der Waals surface area contributed by atoms with Crippen LogP contribution < -0.4 is 5.73 Å². The first kappa shape index (κ1) is 19.0. The van der Waals surface area contributed by atoms with E-state index in [0.29, 0.717) is 6.04 Å². The van der Waals surface area contributed by atoms with Gasteiger partial charge in [0.05, 0.1) is 0 Å². The van der Waals surface area contributed by atoms with E-state index in [1.807, 2.05) is 0 Å². The molecule has 2 N–H and O–H groups in total. The van der Waals surface area contributed by atoms with Crippen LogP contribution >= 0.6 is 0 Å². The summed E-state index contributed by atoms with van der Waals surface area (Å²) in [4.78, 5) is 0. The predicted octanol–water partition coefficient (Wildman–Crippen LogP) is 5.92. The van der Waals surface area contributed by atoms with Crippen molar-refractivity contribution in [1.29, 1.82) is 0 Å². The molecular weight excluding hydrogens is 230 g/mol. The van der Waals surface area contributed by atoms with Gasteiger partial charge in [0.25, 0.3) is 0 Å². The van der Waals surface area contributed by atoms with Crippen LogP contribution in [0.4, 0.5) is 0 Å². The molecule has 0 aromatic rings. The van der Waals surface area contributed by atoms with Gasteiger partial charge in [0.1, 0.15) is 0 Å². The van der Waals surface area contributed by atoms with E-state index >= 15 is 0 Å². The fourth-order valence-corrected chi connectivity index (χ4v) is 2.88. The SMILES string of the molecule is CCCCCCC(CCCCCC)C(N)C(C)(C)C. The van der Waals surface area contributed by atoms with E-state index in [0.717, 1.165) is 5.92 Å². The molecule has 0 aliphatic heterocycles. The molecule has 0 spiro atoms. The van der Waals surface area contributed by atoms with Crippen molar-refractivity contribution in [3.05, 3.63) is 0 Å². The van der Waals surface area contributed by atoms with Crippen LogP contribution in [0, 0.1) is 11.3 Å². The topological polar surface area (TPSA) is 26.0 Å². The maximum Gasteiger partial charge on any atom is 0.0116 e. The molecule has 0 saturated carbocycles. The molecule has 0 aliphatic rings. The van der Waals surface area contributed by atoms with Crippen molar-refractivity contribution in [3.63, 3.8) is 0 Å². The molecule has 0 aromatic heterocycles. The monoisotopic (exact) mass is 269 g/mol. The van der Waals surface area contributed by atoms with Crippen molar-refractivity contribution in [2.24, 2.45) is 17.1 Å². The lowest BCUT2D eigenvalue weighted by atomic mass is 9.75. The van der Waals surface area contributed by atoms with Crippen LogP contribution in [0.5, 0.6) is 0 Å². The Labute approximate surface area is 122 Å². The van der Waals surface area contributed by atoms with Gasteiger partial charge in [-0.3, -0.25) is 0 Å². The second-order valence-corrected chi connectivity index (χ2v) is 7.35. The number of nitrogens with two attached hydrogens (primary N) is 1. The minimum Gasteiger partial charge on any atom is -0.327 e. The highest BCUT2D eigenvalue weighted by molar-refractivity contribution is 4.83. The van der Waals surface area contributed by atoms with Gasteiger partial charge in [-0.2, -0.15) is 0 Å². The van der Waals surface area contributed by atoms with Crippen LogP contribution in [0.25, 0.3) is 0 Å². The number of unbranched alkanes of at least 4 members (excludes halogenated alkanes) is 6. The highest BCUT2D eigenvalue weighted by Crippen LogP contribution is 2.30. The zero-order chi connectivity index (χ0) is 14.7. The molecule has 0 saturated heterocycles. The lowest BCUT2D eigenvalue weighted by Crippen LogP contribution is -2.41. The van der Waals surface area contributed by atoms with Crippen molar-refractivity contribution in [2.45, 2.75) is 105 Å². The lowest BCUT2D eigenvalue weighted by molar-refractivity contribution is 0.209. The molecule has 0 rings (SSSR count). The van der Waals surface area contributed by atoms with E-state index in [-0.39, 0.29) is 5.41 Å². The maximum absolute atomic E-state index is 6.52. The summed E-state index contributed by atoms with van der Waals surface area (Å²) in [5.74, 6) is 0.730. The molecule has 0 aliphatic carbocycles. The highest BCUT2D eigenvalue weighted by Gasteiger charge is 2.28. The van der Waals surface area contributed by atoms with Gasteiger partial charge < -0.3 is 5.73 Å². The summed E-state index contributed by atoms with van der Waals surface area (Å²) >= 11 is 0. The van der Waals surface area contributed by atoms with E-state index in [1.165, 1.54) is 64.2 Å². The molecule has 0 bridgehead atoms. The van der Waals surface area contributed by atoms with Gasteiger partial charge in [-0.05, 0) is 24.2 Å². The summed E-state index contributed by atoms with van der Waals surface area (Å²) in [5.41, 5.74) is 6.77. The normalized spacial score (nSPS) is 14.1. The van der Waals surface area contributed by atoms with E-state index < -0.39 is 0 Å². The molecule has 1 atom stereocenters. The Balaban J connectivity index is 4.14. The van der Waals surface area contributed by atoms with Gasteiger partial charge in [0, 0.05) is 6.04 Å². The smallest absolute Gasteiger partial charge is 0.0116 e. The van der Waals surface area contributed by atoms with Crippen LogP contribution in [0.2, 0.25) is 0 Å². The van der Waals surface area contributed by atoms with E-state index in [2.05, 4.69) is 34.6 Å². The van der Waals surface area contributed by atoms with Crippen molar-refractivity contribution >= 4 is 0 Å². The third kappa shape index (κ3) is 9.49. The minimum absolute atomic E-state index is 0.250. The van der Waals surface area contributed by atoms with Crippen LogP contribution in [0.15, 0.2) is 0 Å². The van der Waals surface area contributed by atoms with Crippen LogP contribution in [-0.4, -0.2) is 6.04 Å². The molecule has 0 aromatic carbocycles. The van der Waals surface area contributed by atoms with Gasteiger partial charge in [-0.15, -0.1) is 0 Å². The fraction of sp³-hybridized carbons (Fsp3) is 1.00. The highest BCUT2D eigenvalue weighted by atomic mass is 14.7. The molecule has 0 radical (unpaired) electrons. The first-order valence-corrected chi connectivity index (χ1v) is 8.69.